The second-order valence-electron chi connectivity index (χ2n) is 8.92. The van der Waals surface area contributed by atoms with E-state index in [1.165, 1.54) is 0 Å². The summed E-state index contributed by atoms with van der Waals surface area (Å²) in [7, 11) is 0. The minimum atomic E-state index is -0.126. The third-order valence-corrected chi connectivity index (χ3v) is 6.04. The quantitative estimate of drug-likeness (QED) is 0.603. The van der Waals surface area contributed by atoms with Crippen molar-refractivity contribution in [2.75, 3.05) is 13.2 Å². The summed E-state index contributed by atoms with van der Waals surface area (Å²) in [6.07, 6.45) is 10.0. The minimum absolute atomic E-state index is 0.0797. The lowest BCUT2D eigenvalue weighted by molar-refractivity contribution is 0.0602. The number of carbonyl (C=O) groups excluding carboxylic acids is 1. The standard InChI is InChI=1S/C27H31N3O2/c1-17(2)16-32-24-10-9-20(5)28-26(24)27(31)30-11-7-6-8-23(30)15-22-14-21-13-18(3)12-19(4)25(21)29-22/h9-10,12-14,17,21,23H,1-4,6-8,11,15-16H2,5H3/q+4. The monoisotopic (exact) mass is 429 g/mol. The van der Waals surface area contributed by atoms with E-state index in [0.717, 1.165) is 53.9 Å². The molecule has 2 aliphatic heterocycles. The fourth-order valence-electron chi connectivity index (χ4n) is 4.53. The summed E-state index contributed by atoms with van der Waals surface area (Å²) in [5.74, 6) is 0.422. The number of hydrogen-bond donors (Lipinski definition) is 0. The Kier molecular flexibility index (Phi) is 6.26. The van der Waals surface area contributed by atoms with E-state index in [-0.39, 0.29) is 23.8 Å². The number of aryl methyl sites for hydroxylation is 1. The Morgan fingerprint density at radius 2 is 2.16 bits per heavy atom. The molecule has 2 unspecified atom stereocenters. The van der Waals surface area contributed by atoms with Crippen molar-refractivity contribution in [3.8, 4) is 5.75 Å². The number of nitrogens with zero attached hydrogens (tertiary/aromatic N) is 3. The van der Waals surface area contributed by atoms with Gasteiger partial charge in [-0.3, -0.25) is 4.79 Å². The van der Waals surface area contributed by atoms with E-state index in [2.05, 4.69) is 44.5 Å². The van der Waals surface area contributed by atoms with E-state index < -0.39 is 0 Å². The zero-order chi connectivity index (χ0) is 22.8. The maximum absolute atomic E-state index is 13.6. The Morgan fingerprint density at radius 3 is 2.94 bits per heavy atom. The molecule has 1 saturated heterocycles. The number of pyridine rings is 1. The van der Waals surface area contributed by atoms with Crippen molar-refractivity contribution in [2.45, 2.75) is 38.6 Å². The fourth-order valence-corrected chi connectivity index (χ4v) is 4.53. The van der Waals surface area contributed by atoms with Crippen LogP contribution >= 0.6 is 0 Å². The molecular formula is C27H31N3O2+4. The Balaban J connectivity index is 1.54. The van der Waals surface area contributed by atoms with Gasteiger partial charge in [-0.25, -0.2) is 4.98 Å². The number of rotatable bonds is 6. The molecule has 2 atom stereocenters. The number of piperidine rings is 1. The summed E-state index contributed by atoms with van der Waals surface area (Å²) in [6, 6.07) is 3.75. The second-order valence-corrected chi connectivity index (χ2v) is 8.92. The predicted molar refractivity (Wildman–Crippen MR) is 128 cm³/mol. The van der Waals surface area contributed by atoms with Crippen molar-refractivity contribution >= 4 is 11.6 Å². The molecule has 3 aliphatic rings. The van der Waals surface area contributed by atoms with Gasteiger partial charge in [0.15, 0.2) is 34.9 Å². The van der Waals surface area contributed by atoms with Crippen molar-refractivity contribution in [1.29, 1.82) is 0 Å². The van der Waals surface area contributed by atoms with Crippen molar-refractivity contribution in [3.05, 3.63) is 86.3 Å². The summed E-state index contributed by atoms with van der Waals surface area (Å²) in [6.45, 7) is 18.8. The highest BCUT2D eigenvalue weighted by Crippen LogP contribution is 2.36. The molecule has 1 aliphatic carbocycles. The molecule has 0 bridgehead atoms. The average molecular weight is 430 g/mol. The third-order valence-electron chi connectivity index (χ3n) is 6.04. The lowest BCUT2D eigenvalue weighted by Crippen LogP contribution is -2.44. The van der Waals surface area contributed by atoms with Crippen LogP contribution in [0.4, 0.5) is 0 Å². The van der Waals surface area contributed by atoms with Crippen molar-refractivity contribution in [2.24, 2.45) is 16.8 Å². The van der Waals surface area contributed by atoms with E-state index in [9.17, 15) is 4.79 Å². The van der Waals surface area contributed by atoms with Gasteiger partial charge in [0.2, 0.25) is 0 Å². The van der Waals surface area contributed by atoms with E-state index in [0.29, 0.717) is 24.6 Å². The normalized spacial score (nSPS) is 22.6. The molecule has 5 nitrogen and oxygen atoms in total. The van der Waals surface area contributed by atoms with Crippen LogP contribution in [0.3, 0.4) is 0 Å². The van der Waals surface area contributed by atoms with Gasteiger partial charge in [0.1, 0.15) is 26.2 Å². The highest BCUT2D eigenvalue weighted by molar-refractivity contribution is 6.09. The SMILES string of the molecule is C=C1[CH+]C(=C)C2=NC(CC3CCCCN3C(=O)c3nc(C)ccc3OCC([CH2+])[CH2+])=CC2[CH+]1. The molecule has 0 aromatic carbocycles. The molecule has 0 spiro atoms. The highest BCUT2D eigenvalue weighted by atomic mass is 16.5. The van der Waals surface area contributed by atoms with Crippen LogP contribution in [0.25, 0.3) is 0 Å². The first kappa shape index (κ1) is 22.0. The van der Waals surface area contributed by atoms with Crippen LogP contribution in [0.2, 0.25) is 0 Å². The lowest BCUT2D eigenvalue weighted by Gasteiger charge is -2.35. The number of aromatic nitrogens is 1. The number of likely N-dealkylation sites (tertiary alicyclic amines) is 1. The molecule has 0 N–H and O–H groups in total. The van der Waals surface area contributed by atoms with Crippen LogP contribution in [-0.4, -0.2) is 40.7 Å². The van der Waals surface area contributed by atoms with E-state index in [1.54, 1.807) is 0 Å². The maximum Gasteiger partial charge on any atom is 0.276 e. The topological polar surface area (TPSA) is 54.8 Å². The first-order valence-electron chi connectivity index (χ1n) is 11.3. The molecule has 1 saturated carbocycles. The van der Waals surface area contributed by atoms with Gasteiger partial charge in [-0.2, -0.15) is 4.99 Å². The number of allylic oxidation sites excluding steroid dienone is 3. The zero-order valence-electron chi connectivity index (χ0n) is 18.8. The van der Waals surface area contributed by atoms with Gasteiger partial charge < -0.3 is 9.64 Å². The Hall–Kier alpha value is -3.21. The summed E-state index contributed by atoms with van der Waals surface area (Å²) < 4.78 is 5.83. The van der Waals surface area contributed by atoms with Crippen molar-refractivity contribution in [1.82, 2.24) is 9.88 Å². The molecule has 5 heteroatoms. The van der Waals surface area contributed by atoms with Crippen LogP contribution in [0.5, 0.6) is 5.75 Å². The van der Waals surface area contributed by atoms with Gasteiger partial charge in [0, 0.05) is 37.9 Å². The van der Waals surface area contributed by atoms with E-state index in [4.69, 9.17) is 9.73 Å². The van der Waals surface area contributed by atoms with Crippen LogP contribution < -0.4 is 4.74 Å². The molecule has 1 amide bonds. The third kappa shape index (κ3) is 4.67. The second kappa shape index (κ2) is 9.11. The van der Waals surface area contributed by atoms with Gasteiger partial charge in [-0.05, 0) is 44.4 Å². The first-order chi connectivity index (χ1) is 15.3. The largest absolute Gasteiger partial charge is 0.481 e. The van der Waals surface area contributed by atoms with Crippen molar-refractivity contribution in [3.63, 3.8) is 0 Å². The fraction of sp³-hybridized carbons (Fsp3) is 0.370. The summed E-state index contributed by atoms with van der Waals surface area (Å²) in [5, 5.41) is 0. The van der Waals surface area contributed by atoms with E-state index in [1.807, 2.05) is 30.4 Å². The molecule has 4 rings (SSSR count). The number of fused-ring (bicyclic) bond motifs is 1. The maximum atomic E-state index is 13.6. The lowest BCUT2D eigenvalue weighted by atomic mass is 9.82. The Morgan fingerprint density at radius 1 is 1.34 bits per heavy atom. The van der Waals surface area contributed by atoms with Crippen LogP contribution in [0.15, 0.2) is 53.2 Å². The van der Waals surface area contributed by atoms with Crippen LogP contribution in [-0.2, 0) is 0 Å². The number of ether oxygens (including phenoxy) is 1. The average Bonchev–Trinajstić information content (AvgIpc) is 3.15. The summed E-state index contributed by atoms with van der Waals surface area (Å²) >= 11 is 0. The minimum Gasteiger partial charge on any atom is -0.481 e. The van der Waals surface area contributed by atoms with Crippen LogP contribution in [0, 0.1) is 45.4 Å². The molecule has 32 heavy (non-hydrogen) atoms. The molecule has 3 heterocycles. The molecule has 0 radical (unpaired) electrons. The molecule has 1 aromatic rings. The number of carbonyl (C=O) groups is 1. The first-order valence-corrected chi connectivity index (χ1v) is 11.3. The zero-order valence-corrected chi connectivity index (χ0v) is 18.8. The van der Waals surface area contributed by atoms with Crippen LogP contribution in [0.1, 0.15) is 41.9 Å². The van der Waals surface area contributed by atoms with Gasteiger partial charge >= 0.3 is 0 Å². The summed E-state index contributed by atoms with van der Waals surface area (Å²) in [5.41, 5.74) is 5.05. The van der Waals surface area contributed by atoms with Crippen molar-refractivity contribution < 1.29 is 9.53 Å². The molecule has 1 aromatic heterocycles. The Labute approximate surface area is 192 Å². The van der Waals surface area contributed by atoms with Gasteiger partial charge in [-0.1, -0.05) is 0 Å². The van der Waals surface area contributed by atoms with E-state index >= 15 is 0 Å². The molecule has 162 valence electrons. The predicted octanol–water partition coefficient (Wildman–Crippen LogP) is 4.93. The smallest absolute Gasteiger partial charge is 0.276 e. The number of hydrogen-bond acceptors (Lipinski definition) is 4. The molecule has 2 fully saturated rings. The Bertz CT molecular complexity index is 989. The van der Waals surface area contributed by atoms with Gasteiger partial charge in [0.05, 0.1) is 12.1 Å². The van der Waals surface area contributed by atoms with Gasteiger partial charge in [-0.15, -0.1) is 0 Å². The highest BCUT2D eigenvalue weighted by Gasteiger charge is 2.41. The number of amides is 1. The van der Waals surface area contributed by atoms with Gasteiger partial charge in [0.25, 0.3) is 11.8 Å². The summed E-state index contributed by atoms with van der Waals surface area (Å²) in [4.78, 5) is 25.0. The molecular weight excluding hydrogens is 398 g/mol. The number of aliphatic imine (C=N–C) groups is 1.